The molecule has 0 spiro atoms. The van der Waals surface area contributed by atoms with E-state index in [4.69, 9.17) is 0 Å². The molecule has 5 nitrogen and oxygen atoms in total. The number of pyridine rings is 1. The molecule has 1 atom stereocenters. The SMILES string of the molecule is OC(CNCc1ccccn1)Cn1cccn1. The number of nitrogens with zero attached hydrogens (tertiary/aromatic N) is 3. The third kappa shape index (κ3) is 3.97. The Morgan fingerprint density at radius 3 is 2.94 bits per heavy atom. The number of nitrogens with one attached hydrogen (secondary N) is 1. The highest BCUT2D eigenvalue weighted by molar-refractivity contribution is 5.02. The van der Waals surface area contributed by atoms with Gasteiger partial charge in [-0.3, -0.25) is 9.67 Å². The summed E-state index contributed by atoms with van der Waals surface area (Å²) in [5.74, 6) is 0. The summed E-state index contributed by atoms with van der Waals surface area (Å²) in [4.78, 5) is 4.19. The molecule has 0 bridgehead atoms. The Bertz CT molecular complexity index is 415. The van der Waals surface area contributed by atoms with E-state index in [-0.39, 0.29) is 0 Å². The van der Waals surface area contributed by atoms with Crippen molar-refractivity contribution < 1.29 is 5.11 Å². The van der Waals surface area contributed by atoms with Crippen molar-refractivity contribution in [3.8, 4) is 0 Å². The van der Waals surface area contributed by atoms with Gasteiger partial charge < -0.3 is 10.4 Å². The van der Waals surface area contributed by atoms with E-state index in [1.165, 1.54) is 0 Å². The molecule has 0 radical (unpaired) electrons. The number of aliphatic hydroxyl groups excluding tert-OH is 1. The summed E-state index contributed by atoms with van der Waals surface area (Å²) in [7, 11) is 0. The number of hydrogen-bond donors (Lipinski definition) is 2. The summed E-state index contributed by atoms with van der Waals surface area (Å²) < 4.78 is 1.72. The third-order valence-corrected chi connectivity index (χ3v) is 2.37. The topological polar surface area (TPSA) is 63.0 Å². The fourth-order valence-corrected chi connectivity index (χ4v) is 1.56. The molecule has 0 amide bonds. The van der Waals surface area contributed by atoms with E-state index in [1.807, 2.05) is 30.5 Å². The van der Waals surface area contributed by atoms with Crippen LogP contribution in [0.2, 0.25) is 0 Å². The van der Waals surface area contributed by atoms with Gasteiger partial charge in [-0.05, 0) is 18.2 Å². The van der Waals surface area contributed by atoms with Crippen LogP contribution in [0.4, 0.5) is 0 Å². The first kappa shape index (κ1) is 11.8. The van der Waals surface area contributed by atoms with Crippen LogP contribution >= 0.6 is 0 Å². The minimum absolute atomic E-state index is 0.446. The Kier molecular flexibility index (Phi) is 4.23. The van der Waals surface area contributed by atoms with Crippen LogP contribution in [-0.4, -0.2) is 32.5 Å². The molecule has 2 heterocycles. The van der Waals surface area contributed by atoms with E-state index in [0.717, 1.165) is 5.69 Å². The van der Waals surface area contributed by atoms with E-state index in [9.17, 15) is 5.11 Å². The van der Waals surface area contributed by atoms with Gasteiger partial charge in [-0.2, -0.15) is 5.10 Å². The van der Waals surface area contributed by atoms with Gasteiger partial charge in [-0.15, -0.1) is 0 Å². The first-order valence-corrected chi connectivity index (χ1v) is 5.61. The van der Waals surface area contributed by atoms with E-state index in [0.29, 0.717) is 19.6 Å². The summed E-state index contributed by atoms with van der Waals surface area (Å²) >= 11 is 0. The van der Waals surface area contributed by atoms with Crippen molar-refractivity contribution in [1.29, 1.82) is 0 Å². The lowest BCUT2D eigenvalue weighted by Gasteiger charge is -2.11. The number of hydrogen-bond acceptors (Lipinski definition) is 4. The summed E-state index contributed by atoms with van der Waals surface area (Å²) in [6.45, 7) is 1.69. The highest BCUT2D eigenvalue weighted by atomic mass is 16.3. The molecule has 2 aromatic heterocycles. The van der Waals surface area contributed by atoms with Crippen molar-refractivity contribution >= 4 is 0 Å². The van der Waals surface area contributed by atoms with Crippen molar-refractivity contribution in [3.63, 3.8) is 0 Å². The molecule has 5 heteroatoms. The number of rotatable bonds is 6. The lowest BCUT2D eigenvalue weighted by molar-refractivity contribution is 0.146. The van der Waals surface area contributed by atoms with Gasteiger partial charge in [0.05, 0.1) is 18.3 Å². The molecule has 2 rings (SSSR count). The van der Waals surface area contributed by atoms with Crippen molar-refractivity contribution in [2.75, 3.05) is 6.54 Å². The molecule has 0 saturated carbocycles. The fourth-order valence-electron chi connectivity index (χ4n) is 1.56. The summed E-state index contributed by atoms with van der Waals surface area (Å²) in [5, 5.41) is 17.0. The van der Waals surface area contributed by atoms with Crippen molar-refractivity contribution in [2.24, 2.45) is 0 Å². The van der Waals surface area contributed by atoms with Crippen molar-refractivity contribution in [3.05, 3.63) is 48.5 Å². The van der Waals surface area contributed by atoms with Crippen LogP contribution in [-0.2, 0) is 13.1 Å². The monoisotopic (exact) mass is 232 g/mol. The summed E-state index contributed by atoms with van der Waals surface area (Å²) in [6, 6.07) is 7.63. The van der Waals surface area contributed by atoms with Gasteiger partial charge in [0, 0.05) is 31.7 Å². The second-order valence-electron chi connectivity index (χ2n) is 3.83. The molecule has 2 N–H and O–H groups in total. The first-order valence-electron chi connectivity index (χ1n) is 5.61. The van der Waals surface area contributed by atoms with Crippen molar-refractivity contribution in [1.82, 2.24) is 20.1 Å². The van der Waals surface area contributed by atoms with Gasteiger partial charge >= 0.3 is 0 Å². The highest BCUT2D eigenvalue weighted by Crippen LogP contribution is 1.93. The Labute approximate surface area is 100 Å². The molecule has 0 aliphatic rings. The van der Waals surface area contributed by atoms with Crippen LogP contribution in [0.5, 0.6) is 0 Å². The highest BCUT2D eigenvalue weighted by Gasteiger charge is 2.04. The van der Waals surface area contributed by atoms with Crippen LogP contribution in [0.25, 0.3) is 0 Å². The molecule has 17 heavy (non-hydrogen) atoms. The summed E-state index contributed by atoms with van der Waals surface area (Å²) in [6.07, 6.45) is 4.85. The Balaban J connectivity index is 1.68. The largest absolute Gasteiger partial charge is 0.390 e. The van der Waals surface area contributed by atoms with Gasteiger partial charge in [0.2, 0.25) is 0 Å². The Morgan fingerprint density at radius 1 is 1.29 bits per heavy atom. The predicted molar refractivity (Wildman–Crippen MR) is 64.2 cm³/mol. The summed E-state index contributed by atoms with van der Waals surface area (Å²) in [5.41, 5.74) is 0.971. The fraction of sp³-hybridized carbons (Fsp3) is 0.333. The number of aromatic nitrogens is 3. The molecule has 0 aromatic carbocycles. The molecular weight excluding hydrogens is 216 g/mol. The van der Waals surface area contributed by atoms with Gasteiger partial charge in [0.1, 0.15) is 0 Å². The predicted octanol–water partition coefficient (Wildman–Crippen LogP) is 0.429. The van der Waals surface area contributed by atoms with Gasteiger partial charge in [-0.1, -0.05) is 6.07 Å². The van der Waals surface area contributed by atoms with Gasteiger partial charge in [-0.25, -0.2) is 0 Å². The van der Waals surface area contributed by atoms with E-state index >= 15 is 0 Å². The Morgan fingerprint density at radius 2 is 2.24 bits per heavy atom. The molecule has 90 valence electrons. The van der Waals surface area contributed by atoms with E-state index < -0.39 is 6.10 Å². The molecule has 1 unspecified atom stereocenters. The van der Waals surface area contributed by atoms with Crippen LogP contribution in [0.1, 0.15) is 5.69 Å². The lowest BCUT2D eigenvalue weighted by Crippen LogP contribution is -2.30. The maximum atomic E-state index is 9.76. The quantitative estimate of drug-likeness (QED) is 0.758. The van der Waals surface area contributed by atoms with Crippen LogP contribution in [0.15, 0.2) is 42.9 Å². The zero-order chi connectivity index (χ0) is 11.9. The maximum Gasteiger partial charge on any atom is 0.0860 e. The smallest absolute Gasteiger partial charge is 0.0860 e. The molecular formula is C12H16N4O. The zero-order valence-electron chi connectivity index (χ0n) is 9.53. The molecule has 0 fully saturated rings. The normalized spacial score (nSPS) is 12.5. The van der Waals surface area contributed by atoms with Crippen LogP contribution in [0.3, 0.4) is 0 Å². The minimum atomic E-state index is -0.446. The van der Waals surface area contributed by atoms with Crippen LogP contribution in [0, 0.1) is 0 Å². The zero-order valence-corrected chi connectivity index (χ0v) is 9.53. The number of aliphatic hydroxyl groups is 1. The average molecular weight is 232 g/mol. The Hall–Kier alpha value is -1.72. The molecule has 0 aliphatic heterocycles. The lowest BCUT2D eigenvalue weighted by atomic mass is 10.3. The maximum absolute atomic E-state index is 9.76. The molecule has 2 aromatic rings. The standard InChI is InChI=1S/C12H16N4O/c17-12(10-16-7-3-6-15-16)9-13-8-11-4-1-2-5-14-11/h1-7,12-13,17H,8-10H2. The van der Waals surface area contributed by atoms with E-state index in [1.54, 1.807) is 17.1 Å². The van der Waals surface area contributed by atoms with Gasteiger partial charge in [0.15, 0.2) is 0 Å². The van der Waals surface area contributed by atoms with Gasteiger partial charge in [0.25, 0.3) is 0 Å². The minimum Gasteiger partial charge on any atom is -0.390 e. The average Bonchev–Trinajstić information content (AvgIpc) is 2.83. The first-order chi connectivity index (χ1) is 8.34. The second kappa shape index (κ2) is 6.12. The van der Waals surface area contributed by atoms with E-state index in [2.05, 4.69) is 15.4 Å². The molecule has 0 saturated heterocycles. The van der Waals surface area contributed by atoms with Crippen molar-refractivity contribution in [2.45, 2.75) is 19.2 Å². The molecule has 0 aliphatic carbocycles. The second-order valence-corrected chi connectivity index (χ2v) is 3.83. The third-order valence-electron chi connectivity index (χ3n) is 2.37. The van der Waals surface area contributed by atoms with Crippen LogP contribution < -0.4 is 5.32 Å².